The van der Waals surface area contributed by atoms with Gasteiger partial charge in [0.1, 0.15) is 17.0 Å². The fourth-order valence-electron chi connectivity index (χ4n) is 1.53. The summed E-state index contributed by atoms with van der Waals surface area (Å²) in [4.78, 5) is 11.2. The molecule has 0 radical (unpaired) electrons. The van der Waals surface area contributed by atoms with Crippen molar-refractivity contribution in [1.29, 1.82) is 0 Å². The van der Waals surface area contributed by atoms with Crippen LogP contribution in [0.25, 0.3) is 0 Å². The minimum atomic E-state index is -4.64. The lowest BCUT2D eigenvalue weighted by molar-refractivity contribution is -0.161. The Morgan fingerprint density at radius 2 is 1.85 bits per heavy atom. The second-order valence-corrected chi connectivity index (χ2v) is 5.83. The Hall–Kier alpha value is -1.41. The number of hydrogen-bond acceptors (Lipinski definition) is 2. The molecule has 1 aromatic carbocycles. The fraction of sp³-hybridized carbons (Fsp3) is 0.417. The van der Waals surface area contributed by atoms with Crippen LogP contribution in [0.1, 0.15) is 12.0 Å². The van der Waals surface area contributed by atoms with Crippen molar-refractivity contribution in [2.24, 2.45) is 0 Å². The van der Waals surface area contributed by atoms with Crippen LogP contribution in [-0.4, -0.2) is 38.9 Å². The normalized spacial score (nSPS) is 15.1. The number of carbonyl (C=O) groups is 1. The van der Waals surface area contributed by atoms with Gasteiger partial charge in [-0.3, -0.25) is 4.79 Å². The number of rotatable bonds is 5. The van der Waals surface area contributed by atoms with E-state index in [1.165, 1.54) is 12.1 Å². The van der Waals surface area contributed by atoms with Gasteiger partial charge in [0.2, 0.25) is 0 Å². The minimum Gasteiger partial charge on any atom is -0.480 e. The maximum absolute atomic E-state index is 12.4. The average Bonchev–Trinajstić information content (AvgIpc) is 2.34. The van der Waals surface area contributed by atoms with E-state index in [0.717, 1.165) is 12.6 Å². The number of hydrogen-bond donors (Lipinski definition) is 1. The number of aryl methyl sites for hydroxylation is 1. The largest absolute Gasteiger partial charge is 0.480 e. The average molecular weight is 309 g/mol. The maximum atomic E-state index is 12.4. The third kappa shape index (κ3) is 4.61. The van der Waals surface area contributed by atoms with Gasteiger partial charge in [-0.1, -0.05) is 17.7 Å². The Kier molecular flexibility index (Phi) is 5.29. The first-order chi connectivity index (χ1) is 9.11. The fourth-order valence-corrected chi connectivity index (χ4v) is 2.62. The molecule has 8 heteroatoms. The Morgan fingerprint density at radius 3 is 2.25 bits per heavy atom. The van der Waals surface area contributed by atoms with E-state index < -0.39 is 35.6 Å². The second kappa shape index (κ2) is 6.36. The zero-order valence-electron chi connectivity index (χ0n) is 10.8. The highest BCUT2D eigenvalue weighted by Crippen LogP contribution is 2.25. The summed E-state index contributed by atoms with van der Waals surface area (Å²) in [7, 11) is -0.872. The molecule has 1 N–H and O–H groups in total. The van der Waals surface area contributed by atoms with Crippen molar-refractivity contribution in [2.45, 2.75) is 30.5 Å². The molecule has 0 amide bonds. The molecular weight excluding hydrogens is 295 g/mol. The molecule has 2 unspecified atom stereocenters. The molecule has 112 valence electrons. The maximum Gasteiger partial charge on any atom is 0.391 e. The number of halogens is 3. The van der Waals surface area contributed by atoms with Gasteiger partial charge in [-0.25, -0.2) is 8.51 Å². The standard InChI is InChI=1S/C12H14F3NO3S/c1-8-3-5-9(6-4-8)20(19)16(2)10(11(17)18)7-12(13,14)15/h3-6,10H,7H2,1-2H3,(H,17,18). The molecule has 0 aliphatic rings. The molecular formula is C12H14F3NO3S. The third-order valence-corrected chi connectivity index (χ3v) is 4.09. The first-order valence-electron chi connectivity index (χ1n) is 5.63. The lowest BCUT2D eigenvalue weighted by Gasteiger charge is -2.24. The summed E-state index contributed by atoms with van der Waals surface area (Å²) in [6.07, 6.45) is -6.20. The number of aliphatic carboxylic acids is 1. The minimum absolute atomic E-state index is 0.256. The SMILES string of the molecule is Cc1ccc(S(=O)N(C)C(CC(F)(F)F)C(=O)O)cc1. The van der Waals surface area contributed by atoms with E-state index in [2.05, 4.69) is 0 Å². The summed E-state index contributed by atoms with van der Waals surface area (Å²) >= 11 is 0. The highest BCUT2D eigenvalue weighted by molar-refractivity contribution is 7.82. The molecule has 0 bridgehead atoms. The van der Waals surface area contributed by atoms with Crippen molar-refractivity contribution < 1.29 is 27.3 Å². The smallest absolute Gasteiger partial charge is 0.391 e. The van der Waals surface area contributed by atoms with E-state index in [9.17, 15) is 22.2 Å². The van der Waals surface area contributed by atoms with Gasteiger partial charge in [-0.05, 0) is 19.1 Å². The molecule has 0 fully saturated rings. The zero-order valence-corrected chi connectivity index (χ0v) is 11.7. The van der Waals surface area contributed by atoms with Crippen LogP contribution >= 0.6 is 0 Å². The third-order valence-electron chi connectivity index (χ3n) is 2.63. The summed E-state index contributed by atoms with van der Waals surface area (Å²) in [6, 6.07) is 4.40. The Balaban J connectivity index is 2.94. The van der Waals surface area contributed by atoms with Crippen LogP contribution in [0.4, 0.5) is 13.2 Å². The molecule has 1 rings (SSSR count). The number of carboxylic acid groups (broad SMARTS) is 1. The van der Waals surface area contributed by atoms with Crippen LogP contribution in [0.3, 0.4) is 0 Å². The van der Waals surface area contributed by atoms with Gasteiger partial charge in [-0.15, -0.1) is 0 Å². The van der Waals surface area contributed by atoms with Gasteiger partial charge >= 0.3 is 12.1 Å². The molecule has 0 saturated carbocycles. The summed E-state index contributed by atoms with van der Waals surface area (Å²) < 4.78 is 49.9. The predicted molar refractivity (Wildman–Crippen MR) is 67.4 cm³/mol. The topological polar surface area (TPSA) is 57.6 Å². The highest BCUT2D eigenvalue weighted by Gasteiger charge is 2.39. The first kappa shape index (κ1) is 16.6. The van der Waals surface area contributed by atoms with Crippen LogP contribution in [0, 0.1) is 6.92 Å². The quantitative estimate of drug-likeness (QED) is 0.908. The number of carboxylic acids is 1. The van der Waals surface area contributed by atoms with Crippen molar-refractivity contribution in [1.82, 2.24) is 4.31 Å². The highest BCUT2D eigenvalue weighted by atomic mass is 32.2. The summed E-state index contributed by atoms with van der Waals surface area (Å²) in [5.74, 6) is -1.66. The first-order valence-corrected chi connectivity index (χ1v) is 6.73. The van der Waals surface area contributed by atoms with Crippen LogP contribution < -0.4 is 0 Å². The molecule has 0 aliphatic heterocycles. The van der Waals surface area contributed by atoms with Crippen molar-refractivity contribution in [2.75, 3.05) is 7.05 Å². The second-order valence-electron chi connectivity index (χ2n) is 4.28. The van der Waals surface area contributed by atoms with E-state index in [4.69, 9.17) is 5.11 Å². The lowest BCUT2D eigenvalue weighted by Crippen LogP contribution is -2.42. The van der Waals surface area contributed by atoms with E-state index in [0.29, 0.717) is 4.31 Å². The number of benzene rings is 1. The van der Waals surface area contributed by atoms with Gasteiger partial charge in [-0.2, -0.15) is 13.2 Å². The Bertz CT molecular complexity index is 502. The van der Waals surface area contributed by atoms with Gasteiger partial charge in [0, 0.05) is 7.05 Å². The lowest BCUT2D eigenvalue weighted by atomic mass is 10.2. The van der Waals surface area contributed by atoms with Crippen LogP contribution in [-0.2, 0) is 15.8 Å². The predicted octanol–water partition coefficient (Wildman–Crippen LogP) is 2.36. The molecule has 20 heavy (non-hydrogen) atoms. The van der Waals surface area contributed by atoms with E-state index in [1.807, 2.05) is 0 Å². The summed E-state index contributed by atoms with van der Waals surface area (Å²) in [5, 5.41) is 8.87. The van der Waals surface area contributed by atoms with Crippen molar-refractivity contribution in [3.8, 4) is 0 Å². The number of likely N-dealkylation sites (N-methyl/N-ethyl adjacent to an activating group) is 1. The zero-order chi connectivity index (χ0) is 15.5. The Labute approximate surface area is 116 Å². The summed E-state index contributed by atoms with van der Waals surface area (Å²) in [5.41, 5.74) is 0.901. The van der Waals surface area contributed by atoms with Crippen molar-refractivity contribution >= 4 is 17.0 Å². The molecule has 2 atom stereocenters. The van der Waals surface area contributed by atoms with Gasteiger partial charge < -0.3 is 5.11 Å². The van der Waals surface area contributed by atoms with Crippen LogP contribution in [0.2, 0.25) is 0 Å². The van der Waals surface area contributed by atoms with Gasteiger partial charge in [0.15, 0.2) is 0 Å². The van der Waals surface area contributed by atoms with Gasteiger partial charge in [0.05, 0.1) is 11.3 Å². The van der Waals surface area contributed by atoms with Crippen molar-refractivity contribution in [3.63, 3.8) is 0 Å². The van der Waals surface area contributed by atoms with E-state index >= 15 is 0 Å². The molecule has 0 heterocycles. The molecule has 0 saturated heterocycles. The van der Waals surface area contributed by atoms with Crippen LogP contribution in [0.5, 0.6) is 0 Å². The Morgan fingerprint density at radius 1 is 1.35 bits per heavy atom. The number of nitrogens with zero attached hydrogens (tertiary/aromatic N) is 1. The molecule has 0 spiro atoms. The molecule has 4 nitrogen and oxygen atoms in total. The van der Waals surface area contributed by atoms with E-state index in [-0.39, 0.29) is 4.90 Å². The van der Waals surface area contributed by atoms with E-state index in [1.54, 1.807) is 19.1 Å². The molecule has 1 aromatic rings. The van der Waals surface area contributed by atoms with Crippen LogP contribution in [0.15, 0.2) is 29.2 Å². The monoisotopic (exact) mass is 309 g/mol. The number of alkyl halides is 3. The van der Waals surface area contributed by atoms with Gasteiger partial charge in [0.25, 0.3) is 0 Å². The molecule has 0 aliphatic carbocycles. The summed E-state index contributed by atoms with van der Waals surface area (Å²) in [6.45, 7) is 1.81. The molecule has 0 aromatic heterocycles. The van der Waals surface area contributed by atoms with Crippen molar-refractivity contribution in [3.05, 3.63) is 29.8 Å².